The molecule has 1 atom stereocenters. The second-order valence-corrected chi connectivity index (χ2v) is 6.28. The summed E-state index contributed by atoms with van der Waals surface area (Å²) in [5.41, 5.74) is 5.32. The summed E-state index contributed by atoms with van der Waals surface area (Å²) in [6, 6.07) is -1.29. The van der Waals surface area contributed by atoms with Gasteiger partial charge in [0, 0.05) is 6.42 Å². The lowest BCUT2D eigenvalue weighted by Crippen LogP contribution is -2.35. The van der Waals surface area contributed by atoms with Crippen molar-refractivity contribution in [2.24, 2.45) is 5.73 Å². The van der Waals surface area contributed by atoms with Gasteiger partial charge < -0.3 is 15.6 Å². The summed E-state index contributed by atoms with van der Waals surface area (Å²) in [5, 5.41) is 8.51. The maximum atomic E-state index is 11.5. The number of ether oxygens (including phenoxy) is 1. The first-order valence-corrected chi connectivity index (χ1v) is 9.19. The van der Waals surface area contributed by atoms with Crippen LogP contribution in [0.2, 0.25) is 0 Å². The quantitative estimate of drug-likeness (QED) is 0.267. The van der Waals surface area contributed by atoms with E-state index < -0.39 is 30.4 Å². The van der Waals surface area contributed by atoms with Crippen molar-refractivity contribution in [3.05, 3.63) is 0 Å². The van der Waals surface area contributed by atoms with E-state index in [1.807, 2.05) is 0 Å². The molecule has 0 aromatic rings. The number of rotatable bonds is 15. The van der Waals surface area contributed by atoms with Gasteiger partial charge in [0.25, 0.3) is 0 Å². The van der Waals surface area contributed by atoms with Crippen LogP contribution >= 0.6 is 0 Å². The summed E-state index contributed by atoms with van der Waals surface area (Å²) in [7, 11) is 0. The SMILES string of the molecule is CCCCCCCCCCCCCC(=O)OC(=O)C(N)CC(=O)O. The molecule has 0 rings (SSSR count). The average molecular weight is 343 g/mol. The van der Waals surface area contributed by atoms with Crippen LogP contribution in [0.1, 0.15) is 90.4 Å². The van der Waals surface area contributed by atoms with E-state index in [4.69, 9.17) is 10.8 Å². The van der Waals surface area contributed by atoms with Crippen LogP contribution in [0.3, 0.4) is 0 Å². The van der Waals surface area contributed by atoms with E-state index in [2.05, 4.69) is 11.7 Å². The molecule has 0 aliphatic rings. The lowest BCUT2D eigenvalue weighted by atomic mass is 10.1. The zero-order valence-corrected chi connectivity index (χ0v) is 14.9. The van der Waals surface area contributed by atoms with E-state index in [-0.39, 0.29) is 6.42 Å². The van der Waals surface area contributed by atoms with Crippen molar-refractivity contribution in [1.82, 2.24) is 0 Å². The highest BCUT2D eigenvalue weighted by atomic mass is 16.6. The molecule has 0 fully saturated rings. The Morgan fingerprint density at radius 1 is 0.875 bits per heavy atom. The summed E-state index contributed by atoms with van der Waals surface area (Å²) in [6.45, 7) is 2.22. The van der Waals surface area contributed by atoms with E-state index in [0.717, 1.165) is 12.8 Å². The zero-order chi connectivity index (χ0) is 18.2. The Balaban J connectivity index is 3.46. The Kier molecular flexibility index (Phi) is 14.2. The van der Waals surface area contributed by atoms with Gasteiger partial charge in [-0.1, -0.05) is 71.1 Å². The fourth-order valence-electron chi connectivity index (χ4n) is 2.44. The molecular formula is C18H33NO5. The maximum Gasteiger partial charge on any atom is 0.331 e. The first-order chi connectivity index (χ1) is 11.5. The predicted molar refractivity (Wildman–Crippen MR) is 92.4 cm³/mol. The van der Waals surface area contributed by atoms with Gasteiger partial charge in [0.15, 0.2) is 0 Å². The third kappa shape index (κ3) is 14.2. The monoisotopic (exact) mass is 343 g/mol. The average Bonchev–Trinajstić information content (AvgIpc) is 2.51. The van der Waals surface area contributed by atoms with Gasteiger partial charge in [-0.25, -0.2) is 4.79 Å². The predicted octanol–water partition coefficient (Wildman–Crippen LogP) is 3.56. The highest BCUT2D eigenvalue weighted by Gasteiger charge is 2.21. The van der Waals surface area contributed by atoms with E-state index >= 15 is 0 Å². The first kappa shape index (κ1) is 22.6. The van der Waals surface area contributed by atoms with Crippen LogP contribution in [-0.2, 0) is 19.1 Å². The highest BCUT2D eigenvalue weighted by molar-refractivity contribution is 5.90. The summed E-state index contributed by atoms with van der Waals surface area (Å²) >= 11 is 0. The minimum atomic E-state index is -1.29. The van der Waals surface area contributed by atoms with Crippen LogP contribution in [-0.4, -0.2) is 29.1 Å². The number of hydrogen-bond acceptors (Lipinski definition) is 5. The van der Waals surface area contributed by atoms with Gasteiger partial charge in [-0.15, -0.1) is 0 Å². The van der Waals surface area contributed by atoms with Crippen LogP contribution in [0.25, 0.3) is 0 Å². The number of hydrogen-bond donors (Lipinski definition) is 2. The normalized spacial score (nSPS) is 11.9. The van der Waals surface area contributed by atoms with Gasteiger partial charge >= 0.3 is 17.9 Å². The number of aliphatic carboxylic acids is 1. The number of carbonyl (C=O) groups excluding carboxylic acids is 2. The smallest absolute Gasteiger partial charge is 0.331 e. The van der Waals surface area contributed by atoms with E-state index in [1.165, 1.54) is 51.4 Å². The summed E-state index contributed by atoms with van der Waals surface area (Å²) in [4.78, 5) is 33.2. The number of nitrogens with two attached hydrogens (primary N) is 1. The van der Waals surface area contributed by atoms with Crippen molar-refractivity contribution in [3.8, 4) is 0 Å². The van der Waals surface area contributed by atoms with Gasteiger partial charge in [0.05, 0.1) is 6.42 Å². The van der Waals surface area contributed by atoms with E-state index in [9.17, 15) is 14.4 Å². The van der Waals surface area contributed by atoms with Crippen molar-refractivity contribution >= 4 is 17.9 Å². The number of carboxylic acid groups (broad SMARTS) is 1. The van der Waals surface area contributed by atoms with Gasteiger partial charge in [0.1, 0.15) is 6.04 Å². The Bertz CT molecular complexity index is 370. The second-order valence-electron chi connectivity index (χ2n) is 6.28. The Labute approximate surface area is 145 Å². The molecule has 1 unspecified atom stereocenters. The lowest BCUT2D eigenvalue weighted by molar-refractivity contribution is -0.162. The number of carboxylic acids is 1. The molecule has 0 aromatic carbocycles. The number of unbranched alkanes of at least 4 members (excludes halogenated alkanes) is 10. The Morgan fingerprint density at radius 3 is 1.79 bits per heavy atom. The van der Waals surface area contributed by atoms with Crippen molar-refractivity contribution < 1.29 is 24.2 Å². The molecule has 0 heterocycles. The van der Waals surface area contributed by atoms with Gasteiger partial charge in [-0.3, -0.25) is 9.59 Å². The molecular weight excluding hydrogens is 310 g/mol. The molecule has 0 aliphatic carbocycles. The second kappa shape index (κ2) is 15.1. The van der Waals surface area contributed by atoms with Gasteiger partial charge in [-0.2, -0.15) is 0 Å². The first-order valence-electron chi connectivity index (χ1n) is 9.19. The van der Waals surface area contributed by atoms with Crippen LogP contribution in [0.15, 0.2) is 0 Å². The summed E-state index contributed by atoms with van der Waals surface area (Å²) in [6.07, 6.45) is 12.6. The molecule has 0 spiro atoms. The molecule has 140 valence electrons. The lowest BCUT2D eigenvalue weighted by Gasteiger charge is -2.07. The molecule has 0 aliphatic heterocycles. The third-order valence-electron chi connectivity index (χ3n) is 3.90. The van der Waals surface area contributed by atoms with Crippen LogP contribution < -0.4 is 5.73 Å². The molecule has 6 nitrogen and oxygen atoms in total. The van der Waals surface area contributed by atoms with E-state index in [1.54, 1.807) is 0 Å². The van der Waals surface area contributed by atoms with E-state index in [0.29, 0.717) is 6.42 Å². The summed E-state index contributed by atoms with van der Waals surface area (Å²) in [5.74, 6) is -2.79. The number of esters is 2. The fourth-order valence-corrected chi connectivity index (χ4v) is 2.44. The molecule has 24 heavy (non-hydrogen) atoms. The largest absolute Gasteiger partial charge is 0.481 e. The minimum Gasteiger partial charge on any atom is -0.481 e. The van der Waals surface area contributed by atoms with Crippen molar-refractivity contribution in [2.75, 3.05) is 0 Å². The van der Waals surface area contributed by atoms with Gasteiger partial charge in [-0.05, 0) is 6.42 Å². The molecule has 0 radical (unpaired) electrons. The molecule has 0 bridgehead atoms. The zero-order valence-electron chi connectivity index (χ0n) is 14.9. The van der Waals surface area contributed by atoms with Gasteiger partial charge in [0.2, 0.25) is 0 Å². The van der Waals surface area contributed by atoms with Crippen molar-refractivity contribution in [1.29, 1.82) is 0 Å². The molecule has 0 saturated heterocycles. The van der Waals surface area contributed by atoms with Crippen molar-refractivity contribution in [2.45, 2.75) is 96.4 Å². The summed E-state index contributed by atoms with van der Waals surface area (Å²) < 4.78 is 4.54. The highest BCUT2D eigenvalue weighted by Crippen LogP contribution is 2.12. The number of carbonyl (C=O) groups is 3. The molecule has 3 N–H and O–H groups in total. The Hall–Kier alpha value is -1.43. The molecule has 0 aromatic heterocycles. The minimum absolute atomic E-state index is 0.169. The van der Waals surface area contributed by atoms with Crippen LogP contribution in [0, 0.1) is 0 Å². The third-order valence-corrected chi connectivity index (χ3v) is 3.90. The Morgan fingerprint density at radius 2 is 1.33 bits per heavy atom. The van der Waals surface area contributed by atoms with Crippen molar-refractivity contribution in [3.63, 3.8) is 0 Å². The molecule has 0 saturated carbocycles. The fraction of sp³-hybridized carbons (Fsp3) is 0.833. The topological polar surface area (TPSA) is 107 Å². The van der Waals surface area contributed by atoms with Crippen LogP contribution in [0.4, 0.5) is 0 Å². The molecule has 6 heteroatoms. The maximum absolute atomic E-state index is 11.5. The molecule has 0 amide bonds. The standard InChI is InChI=1S/C18H33NO5/c1-2-3-4-5-6-7-8-9-10-11-12-13-17(22)24-18(23)15(19)14-16(20)21/h15H,2-14,19H2,1H3,(H,20,21). The van der Waals surface area contributed by atoms with Crippen LogP contribution in [0.5, 0.6) is 0 Å².